The molecule has 2 aromatic rings. The van der Waals surface area contributed by atoms with Crippen molar-refractivity contribution in [3.05, 3.63) is 59.9 Å². The Morgan fingerprint density at radius 1 is 1.15 bits per heavy atom. The number of pyridine rings is 1. The van der Waals surface area contributed by atoms with Crippen molar-refractivity contribution in [1.82, 2.24) is 15.6 Å². The molecule has 1 aliphatic heterocycles. The highest BCUT2D eigenvalue weighted by Gasteiger charge is 2.39. The van der Waals surface area contributed by atoms with Crippen LogP contribution in [0.5, 0.6) is 0 Å². The maximum Gasteiger partial charge on any atom is 0.248 e. The fourth-order valence-electron chi connectivity index (χ4n) is 4.90. The second-order valence-electron chi connectivity index (χ2n) is 10.5. The lowest BCUT2D eigenvalue weighted by molar-refractivity contribution is -0.127. The third-order valence-corrected chi connectivity index (χ3v) is 6.86. The number of nitrogens with one attached hydrogen (secondary N) is 2. The molecule has 3 N–H and O–H groups in total. The van der Waals surface area contributed by atoms with E-state index in [1.807, 2.05) is 30.3 Å². The first kappa shape index (κ1) is 24.4. The van der Waals surface area contributed by atoms with E-state index in [0.717, 1.165) is 31.2 Å². The molecule has 3 atom stereocenters. The molecule has 0 spiro atoms. The second-order valence-corrected chi connectivity index (χ2v) is 10.5. The lowest BCUT2D eigenvalue weighted by Crippen LogP contribution is -2.51. The van der Waals surface area contributed by atoms with Gasteiger partial charge in [0, 0.05) is 36.2 Å². The van der Waals surface area contributed by atoms with Crippen LogP contribution in [0.15, 0.2) is 48.8 Å². The van der Waals surface area contributed by atoms with Crippen LogP contribution in [-0.2, 0) is 15.0 Å². The van der Waals surface area contributed by atoms with Crippen LogP contribution in [0, 0.1) is 0 Å². The molecule has 2 fully saturated rings. The molecule has 1 aliphatic carbocycles. The average Bonchev–Trinajstić information content (AvgIpc) is 3.48. The molecule has 1 aromatic carbocycles. The van der Waals surface area contributed by atoms with Crippen LogP contribution >= 0.6 is 0 Å². The number of anilines is 1. The molecule has 1 saturated heterocycles. The Hall–Kier alpha value is -2.77. The number of benzene rings is 1. The van der Waals surface area contributed by atoms with E-state index in [1.54, 1.807) is 23.4 Å². The van der Waals surface area contributed by atoms with Crippen molar-refractivity contribution in [2.75, 3.05) is 11.4 Å². The number of aliphatic hydroxyl groups excluding tert-OH is 1. The van der Waals surface area contributed by atoms with Gasteiger partial charge in [-0.05, 0) is 48.4 Å². The van der Waals surface area contributed by atoms with Crippen molar-refractivity contribution < 1.29 is 14.7 Å². The fourth-order valence-corrected chi connectivity index (χ4v) is 4.90. The van der Waals surface area contributed by atoms with Crippen molar-refractivity contribution >= 4 is 17.5 Å². The van der Waals surface area contributed by atoms with E-state index in [4.69, 9.17) is 0 Å². The summed E-state index contributed by atoms with van der Waals surface area (Å²) >= 11 is 0. The lowest BCUT2D eigenvalue weighted by Gasteiger charge is -2.34. The first-order chi connectivity index (χ1) is 16.2. The van der Waals surface area contributed by atoms with Crippen LogP contribution in [-0.4, -0.2) is 46.6 Å². The van der Waals surface area contributed by atoms with Gasteiger partial charge >= 0.3 is 0 Å². The molecule has 3 unspecified atom stereocenters. The molecular formula is C27H36N4O3. The van der Waals surface area contributed by atoms with E-state index in [1.165, 1.54) is 0 Å². The fraction of sp³-hybridized carbons (Fsp3) is 0.519. The average molecular weight is 465 g/mol. The summed E-state index contributed by atoms with van der Waals surface area (Å²) in [6.07, 6.45) is 7.16. The quantitative estimate of drug-likeness (QED) is 0.610. The Balaban J connectivity index is 1.75. The predicted molar refractivity (Wildman–Crippen MR) is 132 cm³/mol. The number of nitrogens with zero attached hydrogens (tertiary/aromatic N) is 2. The van der Waals surface area contributed by atoms with Gasteiger partial charge in [-0.25, -0.2) is 0 Å². The molecule has 182 valence electrons. The minimum atomic E-state index is -0.859. The van der Waals surface area contributed by atoms with Gasteiger partial charge in [0.2, 0.25) is 11.8 Å². The summed E-state index contributed by atoms with van der Waals surface area (Å²) in [7, 11) is 0. The van der Waals surface area contributed by atoms with Crippen molar-refractivity contribution in [2.24, 2.45) is 0 Å². The van der Waals surface area contributed by atoms with Crippen LogP contribution in [0.3, 0.4) is 0 Å². The third kappa shape index (κ3) is 5.47. The Morgan fingerprint density at radius 2 is 1.85 bits per heavy atom. The summed E-state index contributed by atoms with van der Waals surface area (Å²) in [6.45, 7) is 6.78. The molecule has 7 heteroatoms. The molecule has 1 saturated carbocycles. The zero-order valence-electron chi connectivity index (χ0n) is 20.3. The van der Waals surface area contributed by atoms with E-state index in [-0.39, 0.29) is 23.3 Å². The van der Waals surface area contributed by atoms with Crippen molar-refractivity contribution in [3.63, 3.8) is 0 Å². The van der Waals surface area contributed by atoms with Crippen LogP contribution in [0.25, 0.3) is 0 Å². The minimum Gasteiger partial charge on any atom is -0.392 e. The SMILES string of the molecule is CC(C)(C)c1ccc(N(C(=O)C2CC(O)CN2)C(C(=O)NC2CCCC2)c2cccnc2)cc1. The van der Waals surface area contributed by atoms with Gasteiger partial charge in [0.1, 0.15) is 6.04 Å². The molecule has 4 rings (SSSR count). The van der Waals surface area contributed by atoms with E-state index in [0.29, 0.717) is 24.2 Å². The van der Waals surface area contributed by atoms with Crippen molar-refractivity contribution in [3.8, 4) is 0 Å². The van der Waals surface area contributed by atoms with Gasteiger partial charge in [-0.15, -0.1) is 0 Å². The highest BCUT2D eigenvalue weighted by molar-refractivity contribution is 6.04. The molecule has 7 nitrogen and oxygen atoms in total. The van der Waals surface area contributed by atoms with Crippen molar-refractivity contribution in [1.29, 1.82) is 0 Å². The van der Waals surface area contributed by atoms with Gasteiger partial charge in [0.25, 0.3) is 0 Å². The summed E-state index contributed by atoms with van der Waals surface area (Å²) < 4.78 is 0. The molecule has 2 aliphatic rings. The maximum atomic E-state index is 13.9. The minimum absolute atomic E-state index is 0.0346. The van der Waals surface area contributed by atoms with Gasteiger partial charge in [0.05, 0.1) is 12.1 Å². The Labute approximate surface area is 202 Å². The summed E-state index contributed by atoms with van der Waals surface area (Å²) in [5.41, 5.74) is 2.42. The Kier molecular flexibility index (Phi) is 7.33. The van der Waals surface area contributed by atoms with Gasteiger partial charge in [0.15, 0.2) is 0 Å². The van der Waals surface area contributed by atoms with Gasteiger partial charge in [-0.2, -0.15) is 0 Å². The van der Waals surface area contributed by atoms with Crippen LogP contribution in [0.1, 0.15) is 70.0 Å². The number of hydrogen-bond donors (Lipinski definition) is 3. The Morgan fingerprint density at radius 3 is 2.41 bits per heavy atom. The normalized spacial score (nSPS) is 21.9. The number of carbonyl (C=O) groups is 2. The summed E-state index contributed by atoms with van der Waals surface area (Å²) in [5.74, 6) is -0.429. The molecule has 2 heterocycles. The molecule has 1 aromatic heterocycles. The molecule has 0 bridgehead atoms. The molecule has 0 radical (unpaired) electrons. The van der Waals surface area contributed by atoms with Crippen LogP contribution in [0.2, 0.25) is 0 Å². The smallest absolute Gasteiger partial charge is 0.248 e. The monoisotopic (exact) mass is 464 g/mol. The van der Waals surface area contributed by atoms with Gasteiger partial charge < -0.3 is 15.7 Å². The molecule has 34 heavy (non-hydrogen) atoms. The number of β-amino-alcohol motifs (C(OH)–C–C–N with tert-alkyl or cyclic N) is 1. The van der Waals surface area contributed by atoms with E-state index >= 15 is 0 Å². The third-order valence-electron chi connectivity index (χ3n) is 6.86. The standard InChI is InChI=1S/C27H36N4O3/c1-27(2,3)19-10-12-21(13-11-19)31(26(34)23-15-22(32)17-29-23)24(18-7-6-14-28-16-18)25(33)30-20-8-4-5-9-20/h6-7,10-14,16,20,22-24,29,32H,4-5,8-9,15,17H2,1-3H3,(H,30,33). The highest BCUT2D eigenvalue weighted by atomic mass is 16.3. The van der Waals surface area contributed by atoms with E-state index in [9.17, 15) is 14.7 Å². The Bertz CT molecular complexity index is 981. The maximum absolute atomic E-state index is 13.9. The second kappa shape index (κ2) is 10.2. The highest BCUT2D eigenvalue weighted by Crippen LogP contribution is 2.32. The summed E-state index contributed by atoms with van der Waals surface area (Å²) in [6, 6.07) is 10.2. The zero-order valence-corrected chi connectivity index (χ0v) is 20.3. The van der Waals surface area contributed by atoms with Crippen LogP contribution in [0.4, 0.5) is 5.69 Å². The topological polar surface area (TPSA) is 94.6 Å². The predicted octanol–water partition coefficient (Wildman–Crippen LogP) is 3.24. The number of aliphatic hydroxyl groups is 1. The number of carbonyl (C=O) groups excluding carboxylic acids is 2. The summed E-state index contributed by atoms with van der Waals surface area (Å²) in [5, 5.41) is 16.4. The lowest BCUT2D eigenvalue weighted by atomic mass is 9.87. The zero-order chi connectivity index (χ0) is 24.3. The van der Waals surface area contributed by atoms with E-state index in [2.05, 4.69) is 36.4 Å². The van der Waals surface area contributed by atoms with Crippen LogP contribution < -0.4 is 15.5 Å². The molecular weight excluding hydrogens is 428 g/mol. The number of amides is 2. The van der Waals surface area contributed by atoms with Crippen molar-refractivity contribution in [2.45, 2.75) is 82.5 Å². The number of aromatic nitrogens is 1. The summed E-state index contributed by atoms with van der Waals surface area (Å²) in [4.78, 5) is 33.4. The number of hydrogen-bond acceptors (Lipinski definition) is 5. The van der Waals surface area contributed by atoms with E-state index < -0.39 is 18.2 Å². The number of rotatable bonds is 6. The van der Waals surface area contributed by atoms with Gasteiger partial charge in [-0.1, -0.05) is 51.8 Å². The first-order valence-corrected chi connectivity index (χ1v) is 12.3. The molecule has 2 amide bonds. The first-order valence-electron chi connectivity index (χ1n) is 12.3. The largest absolute Gasteiger partial charge is 0.392 e. The van der Waals surface area contributed by atoms with Gasteiger partial charge in [-0.3, -0.25) is 19.5 Å².